The van der Waals surface area contributed by atoms with Crippen LogP contribution >= 0.6 is 11.8 Å². The van der Waals surface area contributed by atoms with Crippen molar-refractivity contribution in [2.75, 3.05) is 26.5 Å². The number of benzene rings is 1. The normalized spacial score (nSPS) is 13.2. The second-order valence-electron chi connectivity index (χ2n) is 6.86. The van der Waals surface area contributed by atoms with Crippen molar-refractivity contribution in [3.05, 3.63) is 41.7 Å². The third-order valence-corrected chi connectivity index (χ3v) is 6.12. The van der Waals surface area contributed by atoms with Gasteiger partial charge in [0.2, 0.25) is 5.91 Å². The molecule has 4 rings (SSSR count). The van der Waals surface area contributed by atoms with Crippen LogP contribution < -0.4 is 9.47 Å². The largest absolute Gasteiger partial charge is 0.493 e. The van der Waals surface area contributed by atoms with Crippen molar-refractivity contribution in [2.45, 2.75) is 31.6 Å². The molecule has 0 spiro atoms. The van der Waals surface area contributed by atoms with Crippen LogP contribution in [0.25, 0.3) is 11.6 Å². The van der Waals surface area contributed by atoms with E-state index in [4.69, 9.17) is 13.9 Å². The average molecular weight is 429 g/mol. The Bertz CT molecular complexity index is 1030. The van der Waals surface area contributed by atoms with E-state index in [1.807, 2.05) is 40.7 Å². The molecule has 0 saturated heterocycles. The smallest absolute Gasteiger partial charge is 0.233 e. The minimum absolute atomic E-state index is 0.0747. The molecule has 0 N–H and O–H groups in total. The monoisotopic (exact) mass is 428 g/mol. The van der Waals surface area contributed by atoms with Crippen LogP contribution in [-0.2, 0) is 24.3 Å². The lowest BCUT2D eigenvalue weighted by Crippen LogP contribution is -2.37. The fourth-order valence-corrected chi connectivity index (χ4v) is 4.49. The number of methoxy groups -OCH3 is 2. The lowest BCUT2D eigenvalue weighted by atomic mass is 9.99. The van der Waals surface area contributed by atoms with Gasteiger partial charge in [0.15, 0.2) is 28.2 Å². The number of aromatic nitrogens is 3. The third-order valence-electron chi connectivity index (χ3n) is 5.17. The van der Waals surface area contributed by atoms with Gasteiger partial charge in [-0.05, 0) is 48.7 Å². The summed E-state index contributed by atoms with van der Waals surface area (Å²) in [6, 6.07) is 7.64. The highest BCUT2D eigenvalue weighted by atomic mass is 32.2. The van der Waals surface area contributed by atoms with Crippen molar-refractivity contribution in [1.29, 1.82) is 0 Å². The number of carbonyl (C=O) groups excluding carboxylic acids is 1. The number of ether oxygens (including phenoxy) is 2. The van der Waals surface area contributed by atoms with Crippen LogP contribution in [0.1, 0.15) is 18.1 Å². The molecule has 0 saturated carbocycles. The van der Waals surface area contributed by atoms with Gasteiger partial charge in [-0.3, -0.25) is 9.36 Å². The fourth-order valence-electron chi connectivity index (χ4n) is 3.58. The topological polar surface area (TPSA) is 82.6 Å². The Balaban J connectivity index is 1.43. The second-order valence-corrected chi connectivity index (χ2v) is 7.80. The highest BCUT2D eigenvalue weighted by Gasteiger charge is 2.24. The van der Waals surface area contributed by atoms with Crippen molar-refractivity contribution in [2.24, 2.45) is 0 Å². The fraction of sp³-hybridized carbons (Fsp3) is 0.381. The Kier molecular flexibility index (Phi) is 5.98. The van der Waals surface area contributed by atoms with Crippen molar-refractivity contribution in [3.8, 4) is 23.1 Å². The maximum Gasteiger partial charge on any atom is 0.233 e. The zero-order chi connectivity index (χ0) is 21.1. The summed E-state index contributed by atoms with van der Waals surface area (Å²) in [6.45, 7) is 3.95. The second kappa shape index (κ2) is 8.83. The number of rotatable bonds is 7. The molecule has 3 aromatic rings. The minimum atomic E-state index is 0.0747. The number of amides is 1. The average Bonchev–Trinajstić information content (AvgIpc) is 3.45. The van der Waals surface area contributed by atoms with E-state index in [1.54, 1.807) is 20.5 Å². The van der Waals surface area contributed by atoms with Gasteiger partial charge in [-0.25, -0.2) is 0 Å². The van der Waals surface area contributed by atoms with Gasteiger partial charge < -0.3 is 18.8 Å². The number of fused-ring (bicyclic) bond motifs is 1. The molecule has 1 amide bonds. The van der Waals surface area contributed by atoms with Crippen LogP contribution in [0, 0.1) is 0 Å². The molecule has 0 unspecified atom stereocenters. The van der Waals surface area contributed by atoms with Crippen LogP contribution in [-0.4, -0.2) is 52.1 Å². The molecular weight excluding hydrogens is 404 g/mol. The number of nitrogens with zero attached hydrogens (tertiary/aromatic N) is 4. The number of thioether (sulfide) groups is 1. The predicted molar refractivity (Wildman–Crippen MR) is 113 cm³/mol. The first-order valence-electron chi connectivity index (χ1n) is 9.76. The molecule has 0 bridgehead atoms. The SMILES string of the molecule is CCn1c(SCC(=O)N2CCc3cc(OC)c(OC)cc3C2)nnc1-c1ccco1. The van der Waals surface area contributed by atoms with Gasteiger partial charge in [0.05, 0.1) is 26.2 Å². The van der Waals surface area contributed by atoms with Gasteiger partial charge in [0.25, 0.3) is 0 Å². The minimum Gasteiger partial charge on any atom is -0.493 e. The Morgan fingerprint density at radius 3 is 2.63 bits per heavy atom. The van der Waals surface area contributed by atoms with Crippen molar-refractivity contribution in [3.63, 3.8) is 0 Å². The zero-order valence-corrected chi connectivity index (χ0v) is 18.1. The van der Waals surface area contributed by atoms with Gasteiger partial charge in [-0.15, -0.1) is 10.2 Å². The molecule has 9 heteroatoms. The lowest BCUT2D eigenvalue weighted by Gasteiger charge is -2.29. The summed E-state index contributed by atoms with van der Waals surface area (Å²) < 4.78 is 18.2. The summed E-state index contributed by atoms with van der Waals surface area (Å²) in [5.74, 6) is 3.12. The van der Waals surface area contributed by atoms with Gasteiger partial charge in [0, 0.05) is 19.6 Å². The highest BCUT2D eigenvalue weighted by Crippen LogP contribution is 2.33. The van der Waals surface area contributed by atoms with E-state index in [2.05, 4.69) is 10.2 Å². The maximum absolute atomic E-state index is 12.9. The molecule has 0 atom stereocenters. The first kappa shape index (κ1) is 20.3. The van der Waals surface area contributed by atoms with E-state index in [0.717, 1.165) is 17.7 Å². The first-order chi connectivity index (χ1) is 14.6. The molecule has 1 aliphatic heterocycles. The van der Waals surface area contributed by atoms with E-state index in [0.29, 0.717) is 47.9 Å². The molecule has 1 aliphatic rings. The summed E-state index contributed by atoms with van der Waals surface area (Å²) in [4.78, 5) is 14.7. The Morgan fingerprint density at radius 2 is 1.97 bits per heavy atom. The Morgan fingerprint density at radius 1 is 1.20 bits per heavy atom. The summed E-state index contributed by atoms with van der Waals surface area (Å²) >= 11 is 1.40. The Hall–Kier alpha value is -2.94. The summed E-state index contributed by atoms with van der Waals surface area (Å²) in [6.07, 6.45) is 2.40. The molecule has 8 nitrogen and oxygen atoms in total. The highest BCUT2D eigenvalue weighted by molar-refractivity contribution is 7.99. The summed E-state index contributed by atoms with van der Waals surface area (Å²) in [5.41, 5.74) is 2.28. The first-order valence-corrected chi connectivity index (χ1v) is 10.7. The van der Waals surface area contributed by atoms with E-state index < -0.39 is 0 Å². The molecule has 30 heavy (non-hydrogen) atoms. The van der Waals surface area contributed by atoms with E-state index >= 15 is 0 Å². The maximum atomic E-state index is 12.9. The number of furan rings is 1. The molecule has 2 aromatic heterocycles. The number of hydrogen-bond donors (Lipinski definition) is 0. The summed E-state index contributed by atoms with van der Waals surface area (Å²) in [7, 11) is 3.25. The molecule has 0 fully saturated rings. The molecule has 1 aromatic carbocycles. The lowest BCUT2D eigenvalue weighted by molar-refractivity contribution is -0.129. The van der Waals surface area contributed by atoms with E-state index in [9.17, 15) is 4.79 Å². The Labute approximate surface area is 179 Å². The molecule has 3 heterocycles. The van der Waals surface area contributed by atoms with E-state index in [1.165, 1.54) is 17.3 Å². The van der Waals surface area contributed by atoms with Gasteiger partial charge >= 0.3 is 0 Å². The standard InChI is InChI=1S/C21H24N4O4S/c1-4-25-20(16-6-5-9-29-16)22-23-21(25)30-13-19(26)24-8-7-14-10-17(27-2)18(28-3)11-15(14)12-24/h5-6,9-11H,4,7-8,12-13H2,1-3H3. The van der Waals surface area contributed by atoms with Crippen molar-refractivity contribution >= 4 is 17.7 Å². The molecule has 0 aliphatic carbocycles. The van der Waals surface area contributed by atoms with Crippen LogP contribution in [0.15, 0.2) is 40.1 Å². The van der Waals surface area contributed by atoms with E-state index in [-0.39, 0.29) is 5.91 Å². The molecule has 158 valence electrons. The van der Waals surface area contributed by atoms with Gasteiger partial charge in [-0.2, -0.15) is 0 Å². The zero-order valence-electron chi connectivity index (χ0n) is 17.3. The summed E-state index contributed by atoms with van der Waals surface area (Å²) in [5, 5.41) is 9.19. The predicted octanol–water partition coefficient (Wildman–Crippen LogP) is 3.25. The van der Waals surface area contributed by atoms with Gasteiger partial charge in [0.1, 0.15) is 0 Å². The number of hydrogen-bond acceptors (Lipinski definition) is 7. The quantitative estimate of drug-likeness (QED) is 0.534. The molecule has 0 radical (unpaired) electrons. The number of carbonyl (C=O) groups is 1. The third kappa shape index (κ3) is 3.89. The molecular formula is C21H24N4O4S. The van der Waals surface area contributed by atoms with Crippen LogP contribution in [0.5, 0.6) is 11.5 Å². The van der Waals surface area contributed by atoms with Crippen LogP contribution in [0.4, 0.5) is 0 Å². The van der Waals surface area contributed by atoms with Crippen LogP contribution in [0.3, 0.4) is 0 Å². The van der Waals surface area contributed by atoms with Crippen molar-refractivity contribution in [1.82, 2.24) is 19.7 Å². The van der Waals surface area contributed by atoms with Crippen LogP contribution in [0.2, 0.25) is 0 Å². The van der Waals surface area contributed by atoms with Crippen molar-refractivity contribution < 1.29 is 18.7 Å². The van der Waals surface area contributed by atoms with Gasteiger partial charge in [-0.1, -0.05) is 11.8 Å².